The molecule has 136 valence electrons. The summed E-state index contributed by atoms with van der Waals surface area (Å²) in [7, 11) is 0. The zero-order valence-electron chi connectivity index (χ0n) is 14.4. The van der Waals surface area contributed by atoms with Crippen molar-refractivity contribution in [3.63, 3.8) is 0 Å². The van der Waals surface area contributed by atoms with Gasteiger partial charge < -0.3 is 10.4 Å². The van der Waals surface area contributed by atoms with E-state index in [1.54, 1.807) is 18.2 Å². The maximum atomic E-state index is 13.1. The molecule has 1 saturated carbocycles. The minimum atomic E-state index is -0.456. The first-order valence-corrected chi connectivity index (χ1v) is 9.62. The summed E-state index contributed by atoms with van der Waals surface area (Å²) in [6.07, 6.45) is 6.42. The van der Waals surface area contributed by atoms with Crippen LogP contribution in [0.15, 0.2) is 64.4 Å². The average molecular weight is 371 g/mol. The number of rotatable bonds is 5. The Morgan fingerprint density at radius 2 is 1.85 bits per heavy atom. The van der Waals surface area contributed by atoms with Crippen LogP contribution in [0.25, 0.3) is 6.08 Å². The summed E-state index contributed by atoms with van der Waals surface area (Å²) < 4.78 is 13.1. The first kappa shape index (κ1) is 18.7. The molecule has 5 heteroatoms. The molecule has 0 saturated heterocycles. The van der Waals surface area contributed by atoms with Crippen molar-refractivity contribution < 1.29 is 14.3 Å². The summed E-state index contributed by atoms with van der Waals surface area (Å²) in [5.41, 5.74) is 0.918. The molecule has 0 bridgehead atoms. The highest BCUT2D eigenvalue weighted by atomic mass is 32.2. The number of aliphatic hydroxyl groups excluding tert-OH is 1. The van der Waals surface area contributed by atoms with E-state index in [4.69, 9.17) is 0 Å². The molecule has 0 aromatic heterocycles. The molecule has 2 N–H and O–H groups in total. The molecule has 2 aromatic rings. The van der Waals surface area contributed by atoms with Gasteiger partial charge >= 0.3 is 0 Å². The fraction of sp³-hybridized carbons (Fsp3) is 0.286. The number of hydrogen-bond acceptors (Lipinski definition) is 3. The van der Waals surface area contributed by atoms with E-state index in [-0.39, 0.29) is 17.8 Å². The molecule has 2 unspecified atom stereocenters. The Labute approximate surface area is 157 Å². The highest BCUT2D eigenvalue weighted by Crippen LogP contribution is 2.31. The van der Waals surface area contributed by atoms with E-state index in [9.17, 15) is 14.3 Å². The maximum Gasteiger partial charge on any atom is 0.244 e. The smallest absolute Gasteiger partial charge is 0.244 e. The van der Waals surface area contributed by atoms with Crippen LogP contribution in [0.4, 0.5) is 4.39 Å². The zero-order valence-corrected chi connectivity index (χ0v) is 15.2. The molecule has 1 amide bonds. The molecule has 0 aliphatic heterocycles. The fourth-order valence-electron chi connectivity index (χ4n) is 3.02. The highest BCUT2D eigenvalue weighted by Gasteiger charge is 2.23. The Morgan fingerprint density at radius 1 is 1.12 bits per heavy atom. The second kappa shape index (κ2) is 9.01. The van der Waals surface area contributed by atoms with Crippen LogP contribution in [0.1, 0.15) is 31.2 Å². The van der Waals surface area contributed by atoms with Crippen LogP contribution in [0.2, 0.25) is 0 Å². The molecular formula is C21H22FNO2S. The van der Waals surface area contributed by atoms with Gasteiger partial charge in [-0.15, -0.1) is 0 Å². The van der Waals surface area contributed by atoms with Gasteiger partial charge in [0.25, 0.3) is 0 Å². The molecule has 0 radical (unpaired) electrons. The summed E-state index contributed by atoms with van der Waals surface area (Å²) in [4.78, 5) is 14.1. The Morgan fingerprint density at radius 3 is 2.62 bits per heavy atom. The Hall–Kier alpha value is -2.11. The van der Waals surface area contributed by atoms with Crippen LogP contribution in [0.3, 0.4) is 0 Å². The van der Waals surface area contributed by atoms with Gasteiger partial charge in [0.1, 0.15) is 5.82 Å². The van der Waals surface area contributed by atoms with Gasteiger partial charge in [-0.25, -0.2) is 4.39 Å². The lowest BCUT2D eigenvalue weighted by Crippen LogP contribution is -2.44. The summed E-state index contributed by atoms with van der Waals surface area (Å²) >= 11 is 1.52. The Balaban J connectivity index is 1.66. The molecule has 3 rings (SSSR count). The molecular weight excluding hydrogens is 349 g/mol. The predicted octanol–water partition coefficient (Wildman–Crippen LogP) is 4.41. The summed E-state index contributed by atoms with van der Waals surface area (Å²) in [6, 6.07) is 13.9. The molecule has 2 atom stereocenters. The third kappa shape index (κ3) is 5.19. The van der Waals surface area contributed by atoms with Gasteiger partial charge in [-0.3, -0.25) is 4.79 Å². The second-order valence-electron chi connectivity index (χ2n) is 6.39. The SMILES string of the molecule is O=C(C=Cc1ccccc1Sc1ccc(F)cc1)NC1CCCCC1O. The van der Waals surface area contributed by atoms with Gasteiger partial charge in [0.05, 0.1) is 12.1 Å². The van der Waals surface area contributed by atoms with Crippen molar-refractivity contribution in [3.8, 4) is 0 Å². The number of nitrogens with one attached hydrogen (secondary N) is 1. The van der Waals surface area contributed by atoms with Crippen molar-refractivity contribution in [2.45, 2.75) is 47.6 Å². The second-order valence-corrected chi connectivity index (χ2v) is 7.51. The molecule has 1 aliphatic rings. The normalized spacial score (nSPS) is 20.2. The molecule has 0 heterocycles. The zero-order chi connectivity index (χ0) is 18.4. The topological polar surface area (TPSA) is 49.3 Å². The van der Waals surface area contributed by atoms with Crippen LogP contribution < -0.4 is 5.32 Å². The third-order valence-corrected chi connectivity index (χ3v) is 5.53. The van der Waals surface area contributed by atoms with Gasteiger partial charge in [-0.05, 0) is 54.8 Å². The van der Waals surface area contributed by atoms with Crippen LogP contribution in [0.5, 0.6) is 0 Å². The van der Waals surface area contributed by atoms with Crippen molar-refractivity contribution in [2.75, 3.05) is 0 Å². The molecule has 1 aliphatic carbocycles. The Bertz CT molecular complexity index is 776. The molecule has 26 heavy (non-hydrogen) atoms. The largest absolute Gasteiger partial charge is 0.391 e. The van der Waals surface area contributed by atoms with Gasteiger partial charge in [-0.1, -0.05) is 42.8 Å². The molecule has 2 aromatic carbocycles. The lowest BCUT2D eigenvalue weighted by atomic mass is 9.92. The lowest BCUT2D eigenvalue weighted by molar-refractivity contribution is -0.118. The number of carbonyl (C=O) groups is 1. The van der Waals surface area contributed by atoms with Crippen LogP contribution in [-0.2, 0) is 4.79 Å². The van der Waals surface area contributed by atoms with E-state index in [2.05, 4.69) is 5.32 Å². The minimum Gasteiger partial charge on any atom is -0.391 e. The van der Waals surface area contributed by atoms with Gasteiger partial charge in [-0.2, -0.15) is 0 Å². The number of benzene rings is 2. The predicted molar refractivity (Wildman–Crippen MR) is 102 cm³/mol. The van der Waals surface area contributed by atoms with Gasteiger partial charge in [0.15, 0.2) is 0 Å². The minimum absolute atomic E-state index is 0.162. The molecule has 3 nitrogen and oxygen atoms in total. The number of amides is 1. The van der Waals surface area contributed by atoms with E-state index in [0.29, 0.717) is 0 Å². The van der Waals surface area contributed by atoms with E-state index in [1.807, 2.05) is 24.3 Å². The van der Waals surface area contributed by atoms with Crippen molar-refractivity contribution in [1.29, 1.82) is 0 Å². The molecule has 1 fully saturated rings. The first-order valence-electron chi connectivity index (χ1n) is 8.81. The van der Waals surface area contributed by atoms with Gasteiger partial charge in [0, 0.05) is 15.9 Å². The van der Waals surface area contributed by atoms with Crippen LogP contribution >= 0.6 is 11.8 Å². The van der Waals surface area contributed by atoms with Crippen molar-refractivity contribution in [1.82, 2.24) is 5.32 Å². The summed E-state index contributed by atoms with van der Waals surface area (Å²) in [5, 5.41) is 12.9. The van der Waals surface area contributed by atoms with Crippen molar-refractivity contribution in [3.05, 3.63) is 66.0 Å². The van der Waals surface area contributed by atoms with E-state index < -0.39 is 6.10 Å². The third-order valence-electron chi connectivity index (χ3n) is 4.43. The fourth-order valence-corrected chi connectivity index (χ4v) is 3.94. The van der Waals surface area contributed by atoms with E-state index in [1.165, 1.54) is 30.0 Å². The summed E-state index contributed by atoms with van der Waals surface area (Å²) in [5.74, 6) is -0.457. The van der Waals surface area contributed by atoms with E-state index in [0.717, 1.165) is 41.0 Å². The summed E-state index contributed by atoms with van der Waals surface area (Å²) in [6.45, 7) is 0. The monoisotopic (exact) mass is 371 g/mol. The lowest BCUT2D eigenvalue weighted by Gasteiger charge is -2.27. The number of aliphatic hydroxyl groups is 1. The van der Waals surface area contributed by atoms with Crippen LogP contribution in [0, 0.1) is 5.82 Å². The number of halogens is 1. The van der Waals surface area contributed by atoms with Crippen molar-refractivity contribution in [2.24, 2.45) is 0 Å². The standard InChI is InChI=1S/C21H22FNO2S/c22-16-10-12-17(13-11-16)26-20-8-4-1-5-15(20)9-14-21(25)23-18-6-2-3-7-19(18)24/h1,4-5,8-14,18-19,24H,2-3,6-7H2,(H,23,25). The Kier molecular flexibility index (Phi) is 6.47. The number of carbonyl (C=O) groups excluding carboxylic acids is 1. The maximum absolute atomic E-state index is 13.1. The van der Waals surface area contributed by atoms with Crippen molar-refractivity contribution >= 4 is 23.7 Å². The number of hydrogen-bond donors (Lipinski definition) is 2. The average Bonchev–Trinajstić information content (AvgIpc) is 2.65. The quantitative estimate of drug-likeness (QED) is 0.766. The van der Waals surface area contributed by atoms with Gasteiger partial charge in [0.2, 0.25) is 5.91 Å². The first-order chi connectivity index (χ1) is 12.6. The highest BCUT2D eigenvalue weighted by molar-refractivity contribution is 7.99. The van der Waals surface area contributed by atoms with E-state index >= 15 is 0 Å². The molecule has 0 spiro atoms. The van der Waals surface area contributed by atoms with Crippen LogP contribution in [-0.4, -0.2) is 23.2 Å².